The van der Waals surface area contributed by atoms with Gasteiger partial charge in [0.05, 0.1) is 19.1 Å². The Morgan fingerprint density at radius 1 is 0.686 bits per heavy atom. The summed E-state index contributed by atoms with van der Waals surface area (Å²) < 4.78 is 0. The van der Waals surface area contributed by atoms with Crippen LogP contribution in [-0.2, 0) is 38.4 Å². The van der Waals surface area contributed by atoms with Gasteiger partial charge in [0.1, 0.15) is 18.1 Å². The lowest BCUT2D eigenvalue weighted by Gasteiger charge is -2.27. The maximum Gasteiger partial charge on any atom is 0.243 e. The zero-order chi connectivity index (χ0) is 37.0. The molecule has 3 aromatic carbocycles. The van der Waals surface area contributed by atoms with Crippen molar-refractivity contribution in [3.05, 3.63) is 120 Å². The summed E-state index contributed by atoms with van der Waals surface area (Å²) in [5, 5.41) is 17.5. The number of hydrogen-bond acceptors (Lipinski definition) is 6. The average molecular weight is 698 g/mol. The topological polar surface area (TPSA) is 177 Å². The Hall–Kier alpha value is -4.80. The zero-order valence-corrected chi connectivity index (χ0v) is 29.9. The van der Waals surface area contributed by atoms with Crippen molar-refractivity contribution in [3.8, 4) is 0 Å². The van der Waals surface area contributed by atoms with Crippen molar-refractivity contribution in [2.75, 3.05) is 6.61 Å². The number of aliphatic hydroxyl groups excluding tert-OH is 1. The molecule has 0 fully saturated rings. The molecule has 0 bridgehead atoms. The van der Waals surface area contributed by atoms with Gasteiger partial charge in [0, 0.05) is 0 Å². The summed E-state index contributed by atoms with van der Waals surface area (Å²) in [6.45, 7) is 2.95. The Balaban J connectivity index is 1.78. The molecule has 0 saturated carbocycles. The molecule has 0 saturated heterocycles. The Bertz CT molecular complexity index is 1470. The van der Waals surface area contributed by atoms with Gasteiger partial charge in [-0.05, 0) is 73.5 Å². The third kappa shape index (κ3) is 15.3. The Morgan fingerprint density at radius 2 is 1.20 bits per heavy atom. The highest BCUT2D eigenvalue weighted by Gasteiger charge is 2.31. The van der Waals surface area contributed by atoms with Crippen LogP contribution in [0.3, 0.4) is 0 Å². The number of aryl methyl sites for hydroxylation is 2. The fraction of sp³-hybridized carbons (Fsp3) is 0.415. The number of rotatable bonds is 22. The highest BCUT2D eigenvalue weighted by atomic mass is 16.3. The van der Waals surface area contributed by atoms with E-state index in [0.29, 0.717) is 12.3 Å². The van der Waals surface area contributed by atoms with Gasteiger partial charge in [-0.3, -0.25) is 19.2 Å². The molecule has 3 rings (SSSR count). The van der Waals surface area contributed by atoms with Crippen molar-refractivity contribution in [1.29, 1.82) is 0 Å². The van der Waals surface area contributed by atoms with Crippen LogP contribution >= 0.6 is 0 Å². The molecule has 0 radical (unpaired) electrons. The number of nitrogens with one attached hydrogen (secondary N) is 3. The van der Waals surface area contributed by atoms with Crippen LogP contribution in [0, 0.1) is 11.8 Å². The quantitative estimate of drug-likeness (QED) is 0.0872. The predicted molar refractivity (Wildman–Crippen MR) is 201 cm³/mol. The summed E-state index contributed by atoms with van der Waals surface area (Å²) >= 11 is 0. The molecular weight excluding hydrogens is 642 g/mol. The lowest BCUT2D eigenvalue weighted by Crippen LogP contribution is -2.58. The smallest absolute Gasteiger partial charge is 0.243 e. The first kappa shape index (κ1) is 40.6. The van der Waals surface area contributed by atoms with Crippen LogP contribution in [0.15, 0.2) is 103 Å². The number of carbonyl (C=O) groups excluding carboxylic acids is 4. The molecule has 10 nitrogen and oxygen atoms in total. The molecule has 10 heteroatoms. The van der Waals surface area contributed by atoms with Crippen molar-refractivity contribution in [3.63, 3.8) is 0 Å². The highest BCUT2D eigenvalue weighted by Crippen LogP contribution is 2.20. The third-order valence-corrected chi connectivity index (χ3v) is 8.83. The molecule has 4 amide bonds. The van der Waals surface area contributed by atoms with E-state index in [1.165, 1.54) is 11.1 Å². The second-order valence-corrected chi connectivity index (χ2v) is 13.5. The first-order valence-electron chi connectivity index (χ1n) is 17.9. The molecule has 0 aromatic heterocycles. The SMILES string of the molecule is CC(C)[C@H](NC(=O)[C@H](CC(N)=O)NC(=O)[C@@H](N)CO)C(=O)N[C@H](/C=C/C(CCCc1ccccc1)CCCc1ccccc1)Cc1ccccc1. The van der Waals surface area contributed by atoms with E-state index in [-0.39, 0.29) is 12.0 Å². The molecule has 0 spiro atoms. The number of allylic oxidation sites excluding steroid dienone is 1. The largest absolute Gasteiger partial charge is 0.394 e. The standard InChI is InChI=1S/C41H55N5O5/c1-29(2)38(46-40(50)36(27-37(43)48)45-39(49)35(42)28-47)41(51)44-34(26-33-18-10-5-11-19-33)25-24-32(22-12-20-30-14-6-3-7-15-30)23-13-21-31-16-8-4-9-17-31/h3-11,14-19,24-25,29,32,34-36,38,47H,12-13,20-23,26-28,42H2,1-2H3,(H2,43,48)(H,44,51)(H,45,49)(H,46,50)/b25-24+/t34-,35+,36+,38+/m1/s1. The van der Waals surface area contributed by atoms with Gasteiger partial charge in [0.25, 0.3) is 0 Å². The number of amides is 4. The van der Waals surface area contributed by atoms with E-state index < -0.39 is 54.8 Å². The average Bonchev–Trinajstić information content (AvgIpc) is 3.12. The lowest BCUT2D eigenvalue weighted by atomic mass is 9.92. The van der Waals surface area contributed by atoms with Crippen LogP contribution in [-0.4, -0.2) is 59.5 Å². The molecule has 51 heavy (non-hydrogen) atoms. The molecule has 8 N–H and O–H groups in total. The van der Waals surface area contributed by atoms with Crippen molar-refractivity contribution < 1.29 is 24.3 Å². The molecule has 0 heterocycles. The molecule has 0 aliphatic heterocycles. The number of carbonyl (C=O) groups is 4. The van der Waals surface area contributed by atoms with Crippen molar-refractivity contribution >= 4 is 23.6 Å². The first-order chi connectivity index (χ1) is 24.5. The fourth-order valence-corrected chi connectivity index (χ4v) is 5.92. The van der Waals surface area contributed by atoms with Crippen LogP contribution in [0.1, 0.15) is 62.6 Å². The molecule has 0 aliphatic carbocycles. The fourth-order valence-electron chi connectivity index (χ4n) is 5.92. The van der Waals surface area contributed by atoms with E-state index in [4.69, 9.17) is 11.5 Å². The summed E-state index contributed by atoms with van der Waals surface area (Å²) in [5.74, 6) is -2.83. The Labute approximate surface area is 302 Å². The second kappa shape index (κ2) is 22.1. The van der Waals surface area contributed by atoms with Gasteiger partial charge < -0.3 is 32.5 Å². The van der Waals surface area contributed by atoms with Gasteiger partial charge in [0.2, 0.25) is 23.6 Å². The minimum Gasteiger partial charge on any atom is -0.394 e. The summed E-state index contributed by atoms with van der Waals surface area (Å²) in [6, 6.07) is 26.8. The van der Waals surface area contributed by atoms with Crippen molar-refractivity contribution in [1.82, 2.24) is 16.0 Å². The minimum atomic E-state index is -1.37. The number of benzene rings is 3. The van der Waals surface area contributed by atoms with Crippen LogP contribution in [0.4, 0.5) is 0 Å². The third-order valence-electron chi connectivity index (χ3n) is 8.83. The van der Waals surface area contributed by atoms with Gasteiger partial charge >= 0.3 is 0 Å². The monoisotopic (exact) mass is 697 g/mol. The molecule has 0 aliphatic rings. The summed E-state index contributed by atoms with van der Waals surface area (Å²) in [7, 11) is 0. The van der Waals surface area contributed by atoms with Gasteiger partial charge in [-0.25, -0.2) is 0 Å². The van der Waals surface area contributed by atoms with E-state index in [2.05, 4.69) is 76.6 Å². The summed E-state index contributed by atoms with van der Waals surface area (Å²) in [5.41, 5.74) is 14.6. The highest BCUT2D eigenvalue weighted by molar-refractivity contribution is 5.95. The van der Waals surface area contributed by atoms with Crippen LogP contribution in [0.25, 0.3) is 0 Å². The van der Waals surface area contributed by atoms with Crippen LogP contribution in [0.5, 0.6) is 0 Å². The van der Waals surface area contributed by atoms with Crippen molar-refractivity contribution in [2.45, 2.75) is 89.4 Å². The Kier molecular flexibility index (Phi) is 17.6. The van der Waals surface area contributed by atoms with E-state index in [1.807, 2.05) is 42.5 Å². The molecule has 0 unspecified atom stereocenters. The maximum atomic E-state index is 13.9. The lowest BCUT2D eigenvalue weighted by molar-refractivity contribution is -0.134. The minimum absolute atomic E-state index is 0.302. The van der Waals surface area contributed by atoms with Gasteiger partial charge in [-0.1, -0.05) is 117 Å². The van der Waals surface area contributed by atoms with E-state index in [1.54, 1.807) is 13.8 Å². The molecular formula is C41H55N5O5. The van der Waals surface area contributed by atoms with Gasteiger partial charge in [-0.2, -0.15) is 0 Å². The second-order valence-electron chi connectivity index (χ2n) is 13.5. The maximum absolute atomic E-state index is 13.9. The molecule has 4 atom stereocenters. The summed E-state index contributed by atoms with van der Waals surface area (Å²) in [4.78, 5) is 51.2. The van der Waals surface area contributed by atoms with E-state index in [9.17, 15) is 24.3 Å². The van der Waals surface area contributed by atoms with Crippen molar-refractivity contribution in [2.24, 2.45) is 23.3 Å². The number of hydrogen-bond donors (Lipinski definition) is 6. The first-order valence-corrected chi connectivity index (χ1v) is 17.9. The number of nitrogens with two attached hydrogens (primary N) is 2. The number of aliphatic hydroxyl groups is 1. The number of primary amides is 1. The predicted octanol–water partition coefficient (Wildman–Crippen LogP) is 3.75. The van der Waals surface area contributed by atoms with E-state index >= 15 is 0 Å². The Morgan fingerprint density at radius 3 is 1.67 bits per heavy atom. The normalized spacial score (nSPS) is 13.8. The van der Waals surface area contributed by atoms with Crippen LogP contribution in [0.2, 0.25) is 0 Å². The molecule has 3 aromatic rings. The van der Waals surface area contributed by atoms with Crippen LogP contribution < -0.4 is 27.4 Å². The van der Waals surface area contributed by atoms with E-state index in [0.717, 1.165) is 44.1 Å². The zero-order valence-electron chi connectivity index (χ0n) is 29.9. The molecule has 274 valence electrons. The van der Waals surface area contributed by atoms with Gasteiger partial charge in [0.15, 0.2) is 0 Å². The van der Waals surface area contributed by atoms with Gasteiger partial charge in [-0.15, -0.1) is 0 Å². The summed E-state index contributed by atoms with van der Waals surface area (Å²) in [6.07, 6.45) is 10.4.